The standard InChI is InChI=1S/C8H13N3O2/c1-5(8(12)13)3-6-4-7(9)11(2)10-6/h4-5H,3,9H2,1-2H3,(H,12,13). The Kier molecular flexibility index (Phi) is 2.55. The van der Waals surface area contributed by atoms with Crippen LogP contribution in [0.5, 0.6) is 0 Å². The van der Waals surface area contributed by atoms with E-state index in [1.54, 1.807) is 20.0 Å². The lowest BCUT2D eigenvalue weighted by Crippen LogP contribution is -2.12. The van der Waals surface area contributed by atoms with Crippen molar-refractivity contribution in [3.63, 3.8) is 0 Å². The van der Waals surface area contributed by atoms with Gasteiger partial charge in [-0.3, -0.25) is 9.48 Å². The van der Waals surface area contributed by atoms with Crippen LogP contribution >= 0.6 is 0 Å². The van der Waals surface area contributed by atoms with Crippen molar-refractivity contribution in [3.05, 3.63) is 11.8 Å². The summed E-state index contributed by atoms with van der Waals surface area (Å²) in [6.45, 7) is 1.65. The fourth-order valence-corrected chi connectivity index (χ4v) is 1.04. The Morgan fingerprint density at radius 2 is 2.46 bits per heavy atom. The van der Waals surface area contributed by atoms with E-state index in [1.807, 2.05) is 0 Å². The molecule has 0 saturated heterocycles. The van der Waals surface area contributed by atoms with Gasteiger partial charge in [0.25, 0.3) is 0 Å². The number of carbonyl (C=O) groups is 1. The SMILES string of the molecule is CC(Cc1cc(N)n(C)n1)C(=O)O. The second-order valence-corrected chi connectivity index (χ2v) is 3.13. The van der Waals surface area contributed by atoms with Gasteiger partial charge in [0.05, 0.1) is 11.6 Å². The Morgan fingerprint density at radius 3 is 2.85 bits per heavy atom. The Hall–Kier alpha value is -1.52. The summed E-state index contributed by atoms with van der Waals surface area (Å²) in [5.74, 6) is -0.689. The van der Waals surface area contributed by atoms with Gasteiger partial charge in [-0.05, 0) is 0 Å². The smallest absolute Gasteiger partial charge is 0.306 e. The van der Waals surface area contributed by atoms with Crippen LogP contribution in [-0.4, -0.2) is 20.9 Å². The van der Waals surface area contributed by atoms with Gasteiger partial charge in [-0.15, -0.1) is 0 Å². The number of aliphatic carboxylic acids is 1. The average Bonchev–Trinajstić information content (AvgIpc) is 2.31. The number of aryl methyl sites for hydroxylation is 1. The summed E-state index contributed by atoms with van der Waals surface area (Å²) in [7, 11) is 1.73. The summed E-state index contributed by atoms with van der Waals surface area (Å²) in [6.07, 6.45) is 0.417. The quantitative estimate of drug-likeness (QED) is 0.704. The highest BCUT2D eigenvalue weighted by atomic mass is 16.4. The first-order valence-electron chi connectivity index (χ1n) is 4.02. The summed E-state index contributed by atoms with van der Waals surface area (Å²) in [6, 6.07) is 1.69. The Bertz CT molecular complexity index is 300. The van der Waals surface area contributed by atoms with E-state index in [0.29, 0.717) is 12.2 Å². The highest BCUT2D eigenvalue weighted by Crippen LogP contribution is 2.10. The van der Waals surface area contributed by atoms with Crippen molar-refractivity contribution < 1.29 is 9.90 Å². The average molecular weight is 183 g/mol. The van der Waals surface area contributed by atoms with Crippen molar-refractivity contribution in [3.8, 4) is 0 Å². The van der Waals surface area contributed by atoms with Crippen molar-refractivity contribution >= 4 is 11.8 Å². The second-order valence-electron chi connectivity index (χ2n) is 3.13. The molecule has 0 aromatic carbocycles. The number of nitrogens with two attached hydrogens (primary N) is 1. The van der Waals surface area contributed by atoms with Crippen LogP contribution in [0.3, 0.4) is 0 Å². The summed E-state index contributed by atoms with van der Waals surface area (Å²) >= 11 is 0. The lowest BCUT2D eigenvalue weighted by molar-refractivity contribution is -0.141. The first-order chi connectivity index (χ1) is 6.00. The summed E-state index contributed by atoms with van der Waals surface area (Å²) < 4.78 is 1.53. The maximum Gasteiger partial charge on any atom is 0.306 e. The third-order valence-electron chi connectivity index (χ3n) is 1.90. The predicted molar refractivity (Wildman–Crippen MR) is 48.1 cm³/mol. The molecule has 0 amide bonds. The highest BCUT2D eigenvalue weighted by molar-refractivity contribution is 5.69. The van der Waals surface area contributed by atoms with Crippen LogP contribution in [0, 0.1) is 5.92 Å². The molecular weight excluding hydrogens is 170 g/mol. The maximum absolute atomic E-state index is 10.5. The topological polar surface area (TPSA) is 81.1 Å². The highest BCUT2D eigenvalue weighted by Gasteiger charge is 2.13. The molecule has 1 aromatic rings. The van der Waals surface area contributed by atoms with Crippen LogP contribution in [0.4, 0.5) is 5.82 Å². The number of carboxylic acid groups (broad SMARTS) is 1. The number of rotatable bonds is 3. The van der Waals surface area contributed by atoms with Crippen LogP contribution in [0.1, 0.15) is 12.6 Å². The monoisotopic (exact) mass is 183 g/mol. The predicted octanol–water partition coefficient (Wildman–Crippen LogP) is 0.265. The number of carboxylic acids is 1. The molecule has 0 fully saturated rings. The molecule has 3 N–H and O–H groups in total. The molecule has 13 heavy (non-hydrogen) atoms. The molecule has 0 spiro atoms. The van der Waals surface area contributed by atoms with Gasteiger partial charge < -0.3 is 10.8 Å². The second kappa shape index (κ2) is 3.47. The van der Waals surface area contributed by atoms with Crippen LogP contribution < -0.4 is 5.73 Å². The van der Waals surface area contributed by atoms with Crippen molar-refractivity contribution in [1.82, 2.24) is 9.78 Å². The van der Waals surface area contributed by atoms with E-state index < -0.39 is 11.9 Å². The zero-order valence-electron chi connectivity index (χ0n) is 7.69. The lowest BCUT2D eigenvalue weighted by atomic mass is 10.1. The first-order valence-corrected chi connectivity index (χ1v) is 4.02. The summed E-state index contributed by atoms with van der Waals surface area (Å²) in [4.78, 5) is 10.5. The molecule has 5 nitrogen and oxygen atoms in total. The minimum Gasteiger partial charge on any atom is -0.481 e. The molecular formula is C8H13N3O2. The third-order valence-corrected chi connectivity index (χ3v) is 1.90. The molecule has 0 radical (unpaired) electrons. The van der Waals surface area contributed by atoms with E-state index in [9.17, 15) is 4.79 Å². The lowest BCUT2D eigenvalue weighted by Gasteiger charge is -2.01. The first kappa shape index (κ1) is 9.57. The molecule has 0 aliphatic heterocycles. The third kappa shape index (κ3) is 2.21. The molecule has 1 unspecified atom stereocenters. The fraction of sp³-hybridized carbons (Fsp3) is 0.500. The number of hydrogen-bond acceptors (Lipinski definition) is 3. The Morgan fingerprint density at radius 1 is 1.85 bits per heavy atom. The van der Waals surface area contributed by atoms with Crippen LogP contribution in [0.2, 0.25) is 0 Å². The minimum atomic E-state index is -0.816. The molecule has 0 saturated carbocycles. The van der Waals surface area contributed by atoms with Gasteiger partial charge in [0.1, 0.15) is 5.82 Å². The van der Waals surface area contributed by atoms with E-state index in [4.69, 9.17) is 10.8 Å². The van der Waals surface area contributed by atoms with Crippen LogP contribution in [-0.2, 0) is 18.3 Å². The zero-order chi connectivity index (χ0) is 10.0. The van der Waals surface area contributed by atoms with Gasteiger partial charge in [0, 0.05) is 19.5 Å². The molecule has 0 aliphatic rings. The van der Waals surface area contributed by atoms with Gasteiger partial charge in [-0.25, -0.2) is 0 Å². The molecule has 0 aliphatic carbocycles. The number of hydrogen-bond donors (Lipinski definition) is 2. The van der Waals surface area contributed by atoms with Crippen molar-refractivity contribution in [2.75, 3.05) is 5.73 Å². The molecule has 5 heteroatoms. The van der Waals surface area contributed by atoms with Gasteiger partial charge in [0.2, 0.25) is 0 Å². The Balaban J connectivity index is 2.69. The minimum absolute atomic E-state index is 0.417. The zero-order valence-corrected chi connectivity index (χ0v) is 7.69. The molecule has 1 aromatic heterocycles. The van der Waals surface area contributed by atoms with Crippen LogP contribution in [0.25, 0.3) is 0 Å². The van der Waals surface area contributed by atoms with Gasteiger partial charge >= 0.3 is 5.97 Å². The van der Waals surface area contributed by atoms with Crippen molar-refractivity contribution in [2.24, 2.45) is 13.0 Å². The number of nitrogen functional groups attached to an aromatic ring is 1. The van der Waals surface area contributed by atoms with E-state index >= 15 is 0 Å². The largest absolute Gasteiger partial charge is 0.481 e. The maximum atomic E-state index is 10.5. The molecule has 1 heterocycles. The van der Waals surface area contributed by atoms with Crippen molar-refractivity contribution in [1.29, 1.82) is 0 Å². The van der Waals surface area contributed by atoms with E-state index in [1.165, 1.54) is 4.68 Å². The summed E-state index contributed by atoms with van der Waals surface area (Å²) in [5.41, 5.74) is 6.26. The van der Waals surface area contributed by atoms with Gasteiger partial charge in [-0.1, -0.05) is 6.92 Å². The van der Waals surface area contributed by atoms with Gasteiger partial charge in [-0.2, -0.15) is 5.10 Å². The molecule has 1 rings (SSSR count). The van der Waals surface area contributed by atoms with E-state index in [2.05, 4.69) is 5.10 Å². The van der Waals surface area contributed by atoms with Crippen LogP contribution in [0.15, 0.2) is 6.07 Å². The molecule has 72 valence electrons. The molecule has 0 bridgehead atoms. The normalized spacial score (nSPS) is 12.8. The van der Waals surface area contributed by atoms with Crippen molar-refractivity contribution in [2.45, 2.75) is 13.3 Å². The van der Waals surface area contributed by atoms with E-state index in [-0.39, 0.29) is 0 Å². The summed E-state index contributed by atoms with van der Waals surface area (Å²) in [5, 5.41) is 12.7. The number of nitrogens with zero attached hydrogens (tertiary/aromatic N) is 2. The fourth-order valence-electron chi connectivity index (χ4n) is 1.04. The molecule has 1 atom stereocenters. The van der Waals surface area contributed by atoms with Gasteiger partial charge in [0.15, 0.2) is 0 Å². The number of aromatic nitrogens is 2. The Labute approximate surface area is 76.2 Å². The van der Waals surface area contributed by atoms with E-state index in [0.717, 1.165) is 5.69 Å². The number of anilines is 1.